The molecule has 0 spiro atoms. The van der Waals surface area contributed by atoms with Crippen molar-refractivity contribution in [1.82, 2.24) is 0 Å². The highest BCUT2D eigenvalue weighted by Gasteiger charge is 2.10. The predicted octanol–water partition coefficient (Wildman–Crippen LogP) is 3.94. The molecule has 0 saturated heterocycles. The summed E-state index contributed by atoms with van der Waals surface area (Å²) >= 11 is 3.32. The number of halogens is 1. The zero-order valence-electron chi connectivity index (χ0n) is 12.3. The minimum Gasteiger partial charge on any atom is -0.496 e. The van der Waals surface area contributed by atoms with Crippen LogP contribution in [-0.4, -0.2) is 20.0 Å². The number of rotatable bonds is 5. The van der Waals surface area contributed by atoms with Gasteiger partial charge in [0, 0.05) is 15.7 Å². The maximum Gasteiger partial charge on any atom is 0.187 e. The molecule has 0 aromatic heterocycles. The van der Waals surface area contributed by atoms with E-state index in [0.717, 1.165) is 4.47 Å². The van der Waals surface area contributed by atoms with Crippen molar-refractivity contribution in [3.63, 3.8) is 0 Å². The lowest BCUT2D eigenvalue weighted by molar-refractivity contribution is 0.104. The fourth-order valence-electron chi connectivity index (χ4n) is 2.05. The molecule has 0 aliphatic rings. The first-order chi connectivity index (χ1) is 10.6. The van der Waals surface area contributed by atoms with Crippen molar-refractivity contribution in [2.75, 3.05) is 20.0 Å². The van der Waals surface area contributed by atoms with Crippen molar-refractivity contribution in [3.8, 4) is 11.5 Å². The molecule has 0 amide bonds. The van der Waals surface area contributed by atoms with Crippen LogP contribution >= 0.6 is 15.9 Å². The highest BCUT2D eigenvalue weighted by Crippen LogP contribution is 2.29. The molecule has 5 heteroatoms. The lowest BCUT2D eigenvalue weighted by Gasteiger charge is -2.09. The van der Waals surface area contributed by atoms with Crippen LogP contribution < -0.4 is 15.2 Å². The molecule has 0 saturated carbocycles. The molecule has 2 aromatic carbocycles. The van der Waals surface area contributed by atoms with E-state index < -0.39 is 0 Å². The second-order valence-electron chi connectivity index (χ2n) is 4.51. The largest absolute Gasteiger partial charge is 0.496 e. The number of anilines is 1. The third kappa shape index (κ3) is 3.49. The quantitative estimate of drug-likeness (QED) is 0.497. The minimum atomic E-state index is -0.182. The lowest BCUT2D eigenvalue weighted by Crippen LogP contribution is -2.00. The average molecular weight is 362 g/mol. The molecule has 0 bridgehead atoms. The Balaban J connectivity index is 2.34. The first kappa shape index (κ1) is 16.1. The SMILES string of the molecule is COc1cccc(OC)c1C=CC(=O)c1ccc(Br)cc1N. The summed E-state index contributed by atoms with van der Waals surface area (Å²) in [6, 6.07) is 10.6. The van der Waals surface area contributed by atoms with Crippen molar-refractivity contribution < 1.29 is 14.3 Å². The van der Waals surface area contributed by atoms with E-state index in [1.54, 1.807) is 50.6 Å². The van der Waals surface area contributed by atoms with E-state index >= 15 is 0 Å². The number of carbonyl (C=O) groups is 1. The van der Waals surface area contributed by atoms with E-state index in [4.69, 9.17) is 15.2 Å². The number of benzene rings is 2. The molecular weight excluding hydrogens is 346 g/mol. The average Bonchev–Trinajstić information content (AvgIpc) is 2.52. The van der Waals surface area contributed by atoms with Crippen LogP contribution in [0.5, 0.6) is 11.5 Å². The Labute approximate surface area is 137 Å². The van der Waals surface area contributed by atoms with E-state index in [0.29, 0.717) is 28.3 Å². The van der Waals surface area contributed by atoms with E-state index in [1.807, 2.05) is 6.07 Å². The van der Waals surface area contributed by atoms with Gasteiger partial charge in [-0.25, -0.2) is 0 Å². The fourth-order valence-corrected chi connectivity index (χ4v) is 2.43. The van der Waals surface area contributed by atoms with Crippen LogP contribution in [0.1, 0.15) is 15.9 Å². The smallest absolute Gasteiger partial charge is 0.187 e. The van der Waals surface area contributed by atoms with Crippen molar-refractivity contribution in [1.29, 1.82) is 0 Å². The summed E-state index contributed by atoms with van der Waals surface area (Å²) in [5.74, 6) is 1.08. The van der Waals surface area contributed by atoms with E-state index in [-0.39, 0.29) is 5.78 Å². The molecule has 22 heavy (non-hydrogen) atoms. The molecular formula is C17H16BrNO3. The molecule has 2 aromatic rings. The highest BCUT2D eigenvalue weighted by atomic mass is 79.9. The topological polar surface area (TPSA) is 61.5 Å². The van der Waals surface area contributed by atoms with E-state index in [9.17, 15) is 4.79 Å². The summed E-state index contributed by atoms with van der Waals surface area (Å²) in [6.45, 7) is 0. The van der Waals surface area contributed by atoms with Gasteiger partial charge in [-0.2, -0.15) is 0 Å². The van der Waals surface area contributed by atoms with Crippen molar-refractivity contribution in [3.05, 3.63) is 58.1 Å². The van der Waals surface area contributed by atoms with Gasteiger partial charge in [-0.1, -0.05) is 22.0 Å². The Bertz CT molecular complexity index is 704. The number of ketones is 1. The standard InChI is InChI=1S/C17H16BrNO3/c1-21-16-4-3-5-17(22-2)13(16)8-9-15(20)12-7-6-11(18)10-14(12)19/h3-10H,19H2,1-2H3. The van der Waals surface area contributed by atoms with Gasteiger partial charge < -0.3 is 15.2 Å². The number of nitrogen functional groups attached to an aromatic ring is 1. The molecule has 114 valence electrons. The predicted molar refractivity (Wildman–Crippen MR) is 91.5 cm³/mol. The molecule has 0 aliphatic carbocycles. The van der Waals surface area contributed by atoms with Gasteiger partial charge in [0.05, 0.1) is 19.8 Å². The van der Waals surface area contributed by atoms with Crippen LogP contribution in [0.15, 0.2) is 46.9 Å². The Kier molecular flexibility index (Phi) is 5.22. The van der Waals surface area contributed by atoms with Crippen molar-refractivity contribution >= 4 is 33.5 Å². The Morgan fingerprint density at radius 3 is 2.32 bits per heavy atom. The number of hydrogen-bond acceptors (Lipinski definition) is 4. The van der Waals surface area contributed by atoms with Gasteiger partial charge in [0.1, 0.15) is 11.5 Å². The van der Waals surface area contributed by atoms with Crippen molar-refractivity contribution in [2.45, 2.75) is 0 Å². The highest BCUT2D eigenvalue weighted by molar-refractivity contribution is 9.10. The van der Waals surface area contributed by atoms with Gasteiger partial charge in [-0.05, 0) is 42.5 Å². The maximum absolute atomic E-state index is 12.3. The molecule has 2 rings (SSSR count). The van der Waals surface area contributed by atoms with Crippen LogP contribution in [0.2, 0.25) is 0 Å². The first-order valence-electron chi connectivity index (χ1n) is 6.55. The normalized spacial score (nSPS) is 10.7. The molecule has 0 heterocycles. The van der Waals surface area contributed by atoms with E-state index in [2.05, 4.69) is 15.9 Å². The number of carbonyl (C=O) groups excluding carboxylic acids is 1. The summed E-state index contributed by atoms with van der Waals surface area (Å²) in [6.07, 6.45) is 3.13. The second kappa shape index (κ2) is 7.13. The van der Waals surface area contributed by atoms with Crippen molar-refractivity contribution in [2.24, 2.45) is 0 Å². The van der Waals surface area contributed by atoms with Crippen LogP contribution in [0.3, 0.4) is 0 Å². The van der Waals surface area contributed by atoms with Gasteiger partial charge in [0.25, 0.3) is 0 Å². The number of ether oxygens (including phenoxy) is 2. The van der Waals surface area contributed by atoms with Crippen LogP contribution in [0.4, 0.5) is 5.69 Å². The number of methoxy groups -OCH3 is 2. The first-order valence-corrected chi connectivity index (χ1v) is 7.34. The summed E-state index contributed by atoms with van der Waals surface area (Å²) < 4.78 is 11.4. The lowest BCUT2D eigenvalue weighted by atomic mass is 10.1. The molecule has 0 fully saturated rings. The third-order valence-electron chi connectivity index (χ3n) is 3.15. The Morgan fingerprint density at radius 2 is 1.77 bits per heavy atom. The molecule has 0 aliphatic heterocycles. The number of nitrogens with two attached hydrogens (primary N) is 1. The molecule has 0 atom stereocenters. The summed E-state index contributed by atoms with van der Waals surface area (Å²) in [7, 11) is 3.14. The minimum absolute atomic E-state index is 0.182. The third-order valence-corrected chi connectivity index (χ3v) is 3.64. The number of allylic oxidation sites excluding steroid dienone is 1. The Hall–Kier alpha value is -2.27. The van der Waals surface area contributed by atoms with Crippen LogP contribution in [-0.2, 0) is 0 Å². The monoisotopic (exact) mass is 361 g/mol. The van der Waals surface area contributed by atoms with Gasteiger partial charge in [0.15, 0.2) is 5.78 Å². The maximum atomic E-state index is 12.3. The zero-order chi connectivity index (χ0) is 16.1. The fraction of sp³-hybridized carbons (Fsp3) is 0.118. The zero-order valence-corrected chi connectivity index (χ0v) is 13.9. The van der Waals surface area contributed by atoms with Gasteiger partial charge in [0.2, 0.25) is 0 Å². The number of hydrogen-bond donors (Lipinski definition) is 1. The molecule has 0 radical (unpaired) electrons. The van der Waals surface area contributed by atoms with Crippen LogP contribution in [0, 0.1) is 0 Å². The molecule has 4 nitrogen and oxygen atoms in total. The molecule has 2 N–H and O–H groups in total. The Morgan fingerprint density at radius 1 is 1.14 bits per heavy atom. The van der Waals surface area contributed by atoms with Crippen LogP contribution in [0.25, 0.3) is 6.08 Å². The summed E-state index contributed by atoms with van der Waals surface area (Å²) in [4.78, 5) is 12.3. The summed E-state index contributed by atoms with van der Waals surface area (Å²) in [5.41, 5.74) is 7.45. The van der Waals surface area contributed by atoms with Gasteiger partial charge in [-0.15, -0.1) is 0 Å². The second-order valence-corrected chi connectivity index (χ2v) is 5.42. The summed E-state index contributed by atoms with van der Waals surface area (Å²) in [5, 5.41) is 0. The van der Waals surface area contributed by atoms with E-state index in [1.165, 1.54) is 6.08 Å². The van der Waals surface area contributed by atoms with Gasteiger partial charge in [-0.3, -0.25) is 4.79 Å². The van der Waals surface area contributed by atoms with Gasteiger partial charge >= 0.3 is 0 Å². The molecule has 0 unspecified atom stereocenters.